The van der Waals surface area contributed by atoms with Gasteiger partial charge in [0.05, 0.1) is 16.4 Å². The Morgan fingerprint density at radius 1 is 1.53 bits per heavy atom. The Bertz CT molecular complexity index is 323. The van der Waals surface area contributed by atoms with Gasteiger partial charge < -0.3 is 5.32 Å². The summed E-state index contributed by atoms with van der Waals surface area (Å²) < 4.78 is 1.82. The summed E-state index contributed by atoms with van der Waals surface area (Å²) >= 11 is 11.8. The maximum Gasteiger partial charge on any atom is 0.0860 e. The highest BCUT2D eigenvalue weighted by Crippen LogP contribution is 2.19. The molecule has 1 aromatic heterocycles. The minimum Gasteiger partial charge on any atom is -0.309 e. The molecule has 86 valence electrons. The predicted molar refractivity (Wildman–Crippen MR) is 64.6 cm³/mol. The standard InChI is InChI=1S/C10H17Cl2N3/c1-7(4-5-11)13-6-9-10(12)8(2)14-15(9)3/h7,13H,4-6H2,1-3H3. The molecule has 0 aromatic carbocycles. The minimum absolute atomic E-state index is 0.397. The summed E-state index contributed by atoms with van der Waals surface area (Å²) in [6.07, 6.45) is 0.954. The summed E-state index contributed by atoms with van der Waals surface area (Å²) in [7, 11) is 1.90. The van der Waals surface area contributed by atoms with Crippen LogP contribution in [0.3, 0.4) is 0 Å². The molecule has 15 heavy (non-hydrogen) atoms. The monoisotopic (exact) mass is 249 g/mol. The van der Waals surface area contributed by atoms with E-state index in [4.69, 9.17) is 23.2 Å². The molecule has 0 saturated heterocycles. The molecule has 0 aliphatic rings. The van der Waals surface area contributed by atoms with Gasteiger partial charge in [0.1, 0.15) is 0 Å². The average Bonchev–Trinajstić information content (AvgIpc) is 2.40. The summed E-state index contributed by atoms with van der Waals surface area (Å²) in [5.74, 6) is 0.673. The number of hydrogen-bond donors (Lipinski definition) is 1. The molecule has 1 atom stereocenters. The smallest absolute Gasteiger partial charge is 0.0860 e. The fourth-order valence-electron chi connectivity index (χ4n) is 1.41. The lowest BCUT2D eigenvalue weighted by Gasteiger charge is -2.12. The van der Waals surface area contributed by atoms with E-state index >= 15 is 0 Å². The number of aryl methyl sites for hydroxylation is 2. The van der Waals surface area contributed by atoms with Crippen LogP contribution < -0.4 is 5.32 Å². The highest BCUT2D eigenvalue weighted by atomic mass is 35.5. The minimum atomic E-state index is 0.397. The Morgan fingerprint density at radius 2 is 2.20 bits per heavy atom. The Morgan fingerprint density at radius 3 is 2.67 bits per heavy atom. The van der Waals surface area contributed by atoms with Crippen molar-refractivity contribution < 1.29 is 0 Å². The van der Waals surface area contributed by atoms with Crippen molar-refractivity contribution in [2.24, 2.45) is 7.05 Å². The summed E-state index contributed by atoms with van der Waals surface area (Å²) in [4.78, 5) is 0. The van der Waals surface area contributed by atoms with Crippen LogP contribution in [0.25, 0.3) is 0 Å². The van der Waals surface area contributed by atoms with E-state index in [9.17, 15) is 0 Å². The predicted octanol–water partition coefficient (Wildman–Crippen LogP) is 2.49. The lowest BCUT2D eigenvalue weighted by Crippen LogP contribution is -2.26. The van der Waals surface area contributed by atoms with E-state index in [-0.39, 0.29) is 0 Å². The molecule has 0 amide bonds. The van der Waals surface area contributed by atoms with Crippen molar-refractivity contribution >= 4 is 23.2 Å². The highest BCUT2D eigenvalue weighted by Gasteiger charge is 2.11. The number of alkyl halides is 1. The fraction of sp³-hybridized carbons (Fsp3) is 0.700. The third-order valence-corrected chi connectivity index (χ3v) is 3.13. The molecule has 0 aliphatic carbocycles. The Balaban J connectivity index is 2.57. The Labute approximate surface area is 101 Å². The zero-order chi connectivity index (χ0) is 11.4. The molecule has 1 aromatic rings. The molecule has 1 unspecified atom stereocenters. The van der Waals surface area contributed by atoms with Gasteiger partial charge in [-0.1, -0.05) is 11.6 Å². The van der Waals surface area contributed by atoms with Crippen molar-refractivity contribution in [2.75, 3.05) is 5.88 Å². The van der Waals surface area contributed by atoms with E-state index < -0.39 is 0 Å². The maximum absolute atomic E-state index is 6.13. The van der Waals surface area contributed by atoms with Crippen molar-refractivity contribution in [3.05, 3.63) is 16.4 Å². The number of nitrogens with zero attached hydrogens (tertiary/aromatic N) is 2. The number of nitrogens with one attached hydrogen (secondary N) is 1. The molecule has 1 heterocycles. The van der Waals surface area contributed by atoms with Crippen LogP contribution in [0.15, 0.2) is 0 Å². The van der Waals surface area contributed by atoms with E-state index in [2.05, 4.69) is 17.3 Å². The fourth-order valence-corrected chi connectivity index (χ4v) is 1.96. The van der Waals surface area contributed by atoms with E-state index in [0.717, 1.165) is 29.4 Å². The second-order valence-electron chi connectivity index (χ2n) is 3.73. The van der Waals surface area contributed by atoms with Crippen LogP contribution in [0, 0.1) is 6.92 Å². The molecule has 0 radical (unpaired) electrons. The first-order chi connectivity index (χ1) is 7.06. The van der Waals surface area contributed by atoms with Crippen LogP contribution in [0.4, 0.5) is 0 Å². The molecule has 3 nitrogen and oxygen atoms in total. The SMILES string of the molecule is Cc1nn(C)c(CNC(C)CCCl)c1Cl. The number of halogens is 2. The third-order valence-electron chi connectivity index (χ3n) is 2.42. The van der Waals surface area contributed by atoms with Gasteiger partial charge >= 0.3 is 0 Å². The maximum atomic E-state index is 6.13. The molecule has 0 aliphatic heterocycles. The van der Waals surface area contributed by atoms with Gasteiger partial charge in [0, 0.05) is 25.5 Å². The molecular weight excluding hydrogens is 233 g/mol. The lowest BCUT2D eigenvalue weighted by molar-refractivity contribution is 0.518. The van der Waals surface area contributed by atoms with Gasteiger partial charge in [-0.25, -0.2) is 0 Å². The van der Waals surface area contributed by atoms with Gasteiger partial charge in [0.15, 0.2) is 0 Å². The summed E-state index contributed by atoms with van der Waals surface area (Å²) in [6.45, 7) is 4.75. The molecular formula is C10H17Cl2N3. The average molecular weight is 250 g/mol. The molecule has 0 fully saturated rings. The third kappa shape index (κ3) is 3.37. The second kappa shape index (κ2) is 5.73. The van der Waals surface area contributed by atoms with Crippen molar-refractivity contribution in [1.29, 1.82) is 0 Å². The van der Waals surface area contributed by atoms with Gasteiger partial charge in [0.25, 0.3) is 0 Å². The molecule has 0 bridgehead atoms. The first-order valence-electron chi connectivity index (χ1n) is 5.03. The number of hydrogen-bond acceptors (Lipinski definition) is 2. The summed E-state index contributed by atoms with van der Waals surface area (Å²) in [5.41, 5.74) is 1.90. The second-order valence-corrected chi connectivity index (χ2v) is 4.49. The molecule has 0 spiro atoms. The summed E-state index contributed by atoms with van der Waals surface area (Å²) in [6, 6.07) is 0.397. The zero-order valence-corrected chi connectivity index (χ0v) is 10.9. The largest absolute Gasteiger partial charge is 0.309 e. The van der Waals surface area contributed by atoms with Crippen LogP contribution in [0.1, 0.15) is 24.7 Å². The van der Waals surface area contributed by atoms with Gasteiger partial charge in [-0.15, -0.1) is 11.6 Å². The van der Waals surface area contributed by atoms with E-state index in [1.165, 1.54) is 0 Å². The first kappa shape index (κ1) is 12.8. The van der Waals surface area contributed by atoms with Crippen molar-refractivity contribution in [1.82, 2.24) is 15.1 Å². The topological polar surface area (TPSA) is 29.9 Å². The normalized spacial score (nSPS) is 13.1. The van der Waals surface area contributed by atoms with Crippen molar-refractivity contribution in [2.45, 2.75) is 32.9 Å². The van der Waals surface area contributed by atoms with Gasteiger partial charge in [-0.05, 0) is 20.3 Å². The van der Waals surface area contributed by atoms with Gasteiger partial charge in [0.2, 0.25) is 0 Å². The zero-order valence-electron chi connectivity index (χ0n) is 9.35. The van der Waals surface area contributed by atoms with Crippen LogP contribution in [0.5, 0.6) is 0 Å². The molecule has 1 rings (SSSR count). The molecule has 5 heteroatoms. The van der Waals surface area contributed by atoms with Crippen LogP contribution in [0.2, 0.25) is 5.02 Å². The van der Waals surface area contributed by atoms with Crippen LogP contribution in [-0.2, 0) is 13.6 Å². The first-order valence-corrected chi connectivity index (χ1v) is 5.94. The highest BCUT2D eigenvalue weighted by molar-refractivity contribution is 6.31. The van der Waals surface area contributed by atoms with Crippen molar-refractivity contribution in [3.8, 4) is 0 Å². The lowest BCUT2D eigenvalue weighted by atomic mass is 10.2. The number of aromatic nitrogens is 2. The van der Waals surface area contributed by atoms with Gasteiger partial charge in [-0.3, -0.25) is 4.68 Å². The summed E-state index contributed by atoms with van der Waals surface area (Å²) in [5, 5.41) is 8.37. The number of rotatable bonds is 5. The van der Waals surface area contributed by atoms with Crippen molar-refractivity contribution in [3.63, 3.8) is 0 Å². The quantitative estimate of drug-likeness (QED) is 0.813. The van der Waals surface area contributed by atoms with E-state index in [0.29, 0.717) is 11.9 Å². The Hall–Kier alpha value is -0.250. The van der Waals surface area contributed by atoms with E-state index in [1.807, 2.05) is 18.7 Å². The van der Waals surface area contributed by atoms with Gasteiger partial charge in [-0.2, -0.15) is 5.10 Å². The van der Waals surface area contributed by atoms with Crippen LogP contribution >= 0.6 is 23.2 Å². The molecule has 0 saturated carbocycles. The Kier molecular flexibility index (Phi) is 4.90. The van der Waals surface area contributed by atoms with Crippen LogP contribution in [-0.4, -0.2) is 21.7 Å². The van der Waals surface area contributed by atoms with E-state index in [1.54, 1.807) is 0 Å². The molecule has 1 N–H and O–H groups in total.